The van der Waals surface area contributed by atoms with Crippen LogP contribution >= 0.6 is 0 Å². The molecular formula is C20H21N3O5. The van der Waals surface area contributed by atoms with Crippen molar-refractivity contribution in [1.82, 2.24) is 10.2 Å². The van der Waals surface area contributed by atoms with Gasteiger partial charge in [-0.3, -0.25) is 29.4 Å². The predicted molar refractivity (Wildman–Crippen MR) is 98.7 cm³/mol. The number of likely N-dealkylation sites (tertiary alicyclic amines) is 1. The van der Waals surface area contributed by atoms with Crippen LogP contribution in [0.15, 0.2) is 36.4 Å². The molecule has 28 heavy (non-hydrogen) atoms. The quantitative estimate of drug-likeness (QED) is 0.350. The van der Waals surface area contributed by atoms with Gasteiger partial charge in [-0.05, 0) is 30.7 Å². The standard InChI is InChI=1S/C20H21N3O5/c1-2-21-16(24)10-15(11-4-3-5-14(9-11)23(27)28)22-19(25)17-12-6-7-13(8-12)18(17)20(22)26/h3-7,9,12-13,15,17-18H,2,8,10H2,1H3,(H,21,24). The summed E-state index contributed by atoms with van der Waals surface area (Å²) in [5, 5.41) is 13.9. The van der Waals surface area contributed by atoms with Crippen LogP contribution in [0, 0.1) is 33.8 Å². The van der Waals surface area contributed by atoms with Crippen LogP contribution in [0.4, 0.5) is 5.69 Å². The van der Waals surface area contributed by atoms with E-state index in [4.69, 9.17) is 0 Å². The van der Waals surface area contributed by atoms with E-state index >= 15 is 0 Å². The van der Waals surface area contributed by atoms with Crippen molar-refractivity contribution in [3.63, 3.8) is 0 Å². The van der Waals surface area contributed by atoms with Crippen LogP contribution in [-0.2, 0) is 14.4 Å². The molecule has 1 heterocycles. The van der Waals surface area contributed by atoms with E-state index in [1.54, 1.807) is 13.0 Å². The van der Waals surface area contributed by atoms with E-state index in [0.717, 1.165) is 6.42 Å². The minimum Gasteiger partial charge on any atom is -0.356 e. The number of rotatable bonds is 6. The lowest BCUT2D eigenvalue weighted by Gasteiger charge is -2.28. The van der Waals surface area contributed by atoms with Crippen LogP contribution in [0.25, 0.3) is 0 Å². The Morgan fingerprint density at radius 2 is 1.89 bits per heavy atom. The second-order valence-electron chi connectivity index (χ2n) is 7.57. The summed E-state index contributed by atoms with van der Waals surface area (Å²) in [5.41, 5.74) is 0.279. The van der Waals surface area contributed by atoms with Gasteiger partial charge in [-0.15, -0.1) is 0 Å². The maximum atomic E-state index is 13.2. The Balaban J connectivity index is 1.71. The molecule has 0 radical (unpaired) electrons. The van der Waals surface area contributed by atoms with E-state index < -0.39 is 11.0 Å². The van der Waals surface area contributed by atoms with E-state index in [1.165, 1.54) is 23.1 Å². The van der Waals surface area contributed by atoms with E-state index in [0.29, 0.717) is 12.1 Å². The summed E-state index contributed by atoms with van der Waals surface area (Å²) in [6.45, 7) is 2.20. The molecule has 1 N–H and O–H groups in total. The number of fused-ring (bicyclic) bond motifs is 5. The lowest BCUT2D eigenvalue weighted by Crippen LogP contribution is -2.39. The number of carbonyl (C=O) groups is 3. The van der Waals surface area contributed by atoms with Gasteiger partial charge in [0.1, 0.15) is 0 Å². The maximum absolute atomic E-state index is 13.2. The first-order valence-corrected chi connectivity index (χ1v) is 9.48. The number of carbonyl (C=O) groups excluding carboxylic acids is 3. The number of non-ortho nitro benzene ring substituents is 1. The Labute approximate surface area is 161 Å². The molecule has 8 nitrogen and oxygen atoms in total. The van der Waals surface area contributed by atoms with Gasteiger partial charge < -0.3 is 5.32 Å². The lowest BCUT2D eigenvalue weighted by molar-refractivity contribution is -0.385. The van der Waals surface area contributed by atoms with Crippen LogP contribution in [0.5, 0.6) is 0 Å². The van der Waals surface area contributed by atoms with Gasteiger partial charge in [0, 0.05) is 18.7 Å². The topological polar surface area (TPSA) is 110 Å². The highest BCUT2D eigenvalue weighted by molar-refractivity contribution is 6.07. The number of nitro groups is 1. The number of hydrogen-bond acceptors (Lipinski definition) is 5. The highest BCUT2D eigenvalue weighted by Gasteiger charge is 2.60. The summed E-state index contributed by atoms with van der Waals surface area (Å²) in [6.07, 6.45) is 4.71. The van der Waals surface area contributed by atoms with E-state index in [2.05, 4.69) is 5.32 Å². The molecule has 2 fully saturated rings. The van der Waals surface area contributed by atoms with Gasteiger partial charge in [0.25, 0.3) is 5.69 Å². The molecule has 3 amide bonds. The molecule has 1 saturated carbocycles. The zero-order valence-electron chi connectivity index (χ0n) is 15.4. The number of nitrogens with one attached hydrogen (secondary N) is 1. The van der Waals surface area contributed by atoms with Gasteiger partial charge in [0.15, 0.2) is 0 Å². The molecule has 1 saturated heterocycles. The van der Waals surface area contributed by atoms with Gasteiger partial charge in [0.05, 0.1) is 29.2 Å². The van der Waals surface area contributed by atoms with E-state index in [1.807, 2.05) is 12.2 Å². The predicted octanol–water partition coefficient (Wildman–Crippen LogP) is 1.97. The molecule has 1 aliphatic heterocycles. The molecule has 1 aromatic carbocycles. The fourth-order valence-corrected chi connectivity index (χ4v) is 4.88. The van der Waals surface area contributed by atoms with Crippen LogP contribution in [0.2, 0.25) is 0 Å². The smallest absolute Gasteiger partial charge is 0.269 e. The fraction of sp³-hybridized carbons (Fsp3) is 0.450. The normalized spacial score (nSPS) is 28.5. The minimum atomic E-state index is -0.851. The van der Waals surface area contributed by atoms with Gasteiger partial charge in [-0.25, -0.2) is 0 Å². The molecule has 2 aliphatic carbocycles. The van der Waals surface area contributed by atoms with Crippen molar-refractivity contribution in [2.75, 3.05) is 6.54 Å². The zero-order chi connectivity index (χ0) is 20.0. The van der Waals surface area contributed by atoms with Crippen LogP contribution in [-0.4, -0.2) is 34.1 Å². The molecule has 0 aromatic heterocycles. The summed E-state index contributed by atoms with van der Waals surface area (Å²) in [4.78, 5) is 50.5. The minimum absolute atomic E-state index is 0.0617. The first-order valence-electron chi connectivity index (χ1n) is 9.48. The Morgan fingerprint density at radius 1 is 1.25 bits per heavy atom. The van der Waals surface area contributed by atoms with Gasteiger partial charge in [0.2, 0.25) is 17.7 Å². The van der Waals surface area contributed by atoms with Crippen LogP contribution in [0.3, 0.4) is 0 Å². The molecule has 0 spiro atoms. The summed E-state index contributed by atoms with van der Waals surface area (Å²) >= 11 is 0. The van der Waals surface area contributed by atoms with E-state index in [-0.39, 0.29) is 53.5 Å². The van der Waals surface area contributed by atoms with Crippen LogP contribution < -0.4 is 5.32 Å². The average molecular weight is 383 g/mol. The Kier molecular flexibility index (Phi) is 4.49. The molecule has 5 atom stereocenters. The van der Waals surface area contributed by atoms with Crippen molar-refractivity contribution < 1.29 is 19.3 Å². The molecule has 4 rings (SSSR count). The molecule has 8 heteroatoms. The number of hydrogen-bond donors (Lipinski definition) is 1. The number of nitrogens with zero attached hydrogens (tertiary/aromatic N) is 2. The molecule has 5 unspecified atom stereocenters. The second-order valence-corrected chi connectivity index (χ2v) is 7.57. The maximum Gasteiger partial charge on any atom is 0.269 e. The third kappa shape index (κ3) is 2.80. The van der Waals surface area contributed by atoms with Crippen molar-refractivity contribution in [2.24, 2.45) is 23.7 Å². The monoisotopic (exact) mass is 383 g/mol. The third-order valence-electron chi connectivity index (χ3n) is 6.03. The Morgan fingerprint density at radius 3 is 2.46 bits per heavy atom. The second kappa shape index (κ2) is 6.85. The van der Waals surface area contributed by atoms with Crippen molar-refractivity contribution in [1.29, 1.82) is 0 Å². The number of imide groups is 1. The summed E-state index contributed by atoms with van der Waals surface area (Å²) in [5.74, 6) is -1.48. The Hall–Kier alpha value is -3.03. The van der Waals surface area contributed by atoms with Gasteiger partial charge in [-0.1, -0.05) is 24.3 Å². The van der Waals surface area contributed by atoms with Crippen molar-refractivity contribution in [3.05, 3.63) is 52.1 Å². The van der Waals surface area contributed by atoms with E-state index in [9.17, 15) is 24.5 Å². The lowest BCUT2D eigenvalue weighted by atomic mass is 9.85. The molecule has 146 valence electrons. The molecule has 3 aliphatic rings. The molecule has 2 bridgehead atoms. The Bertz CT molecular complexity index is 866. The zero-order valence-corrected chi connectivity index (χ0v) is 15.4. The highest BCUT2D eigenvalue weighted by atomic mass is 16.6. The average Bonchev–Trinajstić information content (AvgIpc) is 3.34. The molecule has 1 aromatic rings. The number of allylic oxidation sites excluding steroid dienone is 2. The summed E-state index contributed by atoms with van der Waals surface area (Å²) < 4.78 is 0. The molecular weight excluding hydrogens is 362 g/mol. The largest absolute Gasteiger partial charge is 0.356 e. The van der Waals surface area contributed by atoms with Gasteiger partial charge in [-0.2, -0.15) is 0 Å². The first-order chi connectivity index (χ1) is 13.4. The van der Waals surface area contributed by atoms with Crippen molar-refractivity contribution >= 4 is 23.4 Å². The fourth-order valence-electron chi connectivity index (χ4n) is 4.88. The highest BCUT2D eigenvalue weighted by Crippen LogP contribution is 2.54. The number of nitro benzene ring substituents is 1. The SMILES string of the molecule is CCNC(=O)CC(c1cccc([N+](=O)[O-])c1)N1C(=O)C2C3C=CC(C3)C2C1=O. The first kappa shape index (κ1) is 18.3. The number of amides is 3. The third-order valence-corrected chi connectivity index (χ3v) is 6.03. The van der Waals surface area contributed by atoms with Crippen molar-refractivity contribution in [2.45, 2.75) is 25.8 Å². The van der Waals surface area contributed by atoms with Crippen molar-refractivity contribution in [3.8, 4) is 0 Å². The summed E-state index contributed by atoms with van der Waals surface area (Å²) in [7, 11) is 0. The van der Waals surface area contributed by atoms with Gasteiger partial charge >= 0.3 is 0 Å². The van der Waals surface area contributed by atoms with Crippen LogP contribution in [0.1, 0.15) is 31.4 Å². The number of benzene rings is 1. The summed E-state index contributed by atoms with van der Waals surface area (Å²) in [6, 6.07) is 4.97.